The van der Waals surface area contributed by atoms with E-state index >= 15 is 0 Å². The molecule has 0 N–H and O–H groups in total. The lowest BCUT2D eigenvalue weighted by Crippen LogP contribution is -2.06. The molecule has 0 radical (unpaired) electrons. The third-order valence-electron chi connectivity index (χ3n) is 2.50. The quantitative estimate of drug-likeness (QED) is 0.754. The van der Waals surface area contributed by atoms with Gasteiger partial charge in [0, 0.05) is 6.20 Å². The summed E-state index contributed by atoms with van der Waals surface area (Å²) in [5.74, 6) is 1.57. The number of rotatable bonds is 2. The fraction of sp³-hybridized carbons (Fsp3) is 0.545. The van der Waals surface area contributed by atoms with Crippen molar-refractivity contribution in [2.24, 2.45) is 0 Å². The van der Waals surface area contributed by atoms with Crippen LogP contribution >= 0.6 is 0 Å². The molecule has 0 bridgehead atoms. The smallest absolute Gasteiger partial charge is 0.216 e. The molecule has 0 spiro atoms. The van der Waals surface area contributed by atoms with E-state index in [0.29, 0.717) is 17.6 Å². The number of aromatic nitrogens is 4. The maximum atomic E-state index is 4.55. The molecule has 0 aliphatic carbocycles. The van der Waals surface area contributed by atoms with Crippen LogP contribution < -0.4 is 0 Å². The minimum absolute atomic E-state index is 0.420. The molecule has 4 heteroatoms. The summed E-state index contributed by atoms with van der Waals surface area (Å²) >= 11 is 0. The predicted octanol–water partition coefficient (Wildman–Crippen LogP) is 2.37. The van der Waals surface area contributed by atoms with Crippen molar-refractivity contribution in [3.8, 4) is 0 Å². The van der Waals surface area contributed by atoms with Crippen LogP contribution in [-0.2, 0) is 0 Å². The number of hydrogen-bond donors (Lipinski definition) is 0. The monoisotopic (exact) mass is 204 g/mol. The molecule has 15 heavy (non-hydrogen) atoms. The minimum Gasteiger partial charge on any atom is -0.216 e. The molecular formula is C11H16N4. The third-order valence-corrected chi connectivity index (χ3v) is 2.50. The van der Waals surface area contributed by atoms with Gasteiger partial charge in [-0.05, 0) is 17.4 Å². The van der Waals surface area contributed by atoms with E-state index in [2.05, 4.69) is 42.8 Å². The summed E-state index contributed by atoms with van der Waals surface area (Å²) in [6.07, 6.45) is 3.58. The van der Waals surface area contributed by atoms with E-state index in [1.807, 2.05) is 6.20 Å². The highest BCUT2D eigenvalue weighted by Crippen LogP contribution is 2.24. The molecule has 0 aliphatic heterocycles. The Kier molecular flexibility index (Phi) is 2.42. The van der Waals surface area contributed by atoms with Crippen LogP contribution in [0.3, 0.4) is 0 Å². The Morgan fingerprint density at radius 2 is 1.87 bits per heavy atom. The lowest BCUT2D eigenvalue weighted by molar-refractivity contribution is 0.737. The van der Waals surface area contributed by atoms with Crippen molar-refractivity contribution in [2.75, 3.05) is 0 Å². The lowest BCUT2D eigenvalue weighted by Gasteiger charge is -2.14. The zero-order chi connectivity index (χ0) is 11.0. The minimum atomic E-state index is 0.420. The third kappa shape index (κ3) is 1.71. The largest absolute Gasteiger partial charge is 0.252 e. The molecular weight excluding hydrogens is 188 g/mol. The van der Waals surface area contributed by atoms with E-state index in [-0.39, 0.29) is 0 Å². The predicted molar refractivity (Wildman–Crippen MR) is 59.0 cm³/mol. The second-order valence-electron chi connectivity index (χ2n) is 4.40. The molecule has 0 saturated carbocycles. The molecule has 4 nitrogen and oxygen atoms in total. The van der Waals surface area contributed by atoms with Crippen molar-refractivity contribution >= 4 is 5.78 Å². The first-order valence-corrected chi connectivity index (χ1v) is 5.29. The van der Waals surface area contributed by atoms with E-state index in [1.165, 1.54) is 11.9 Å². The Bertz CT molecular complexity index is 428. The van der Waals surface area contributed by atoms with E-state index < -0.39 is 0 Å². The van der Waals surface area contributed by atoms with Crippen LogP contribution in [-0.4, -0.2) is 19.6 Å². The number of fused-ring (bicyclic) bond motifs is 1. The van der Waals surface area contributed by atoms with Gasteiger partial charge in [-0.3, -0.25) is 0 Å². The van der Waals surface area contributed by atoms with Gasteiger partial charge in [-0.15, -0.1) is 0 Å². The highest BCUT2D eigenvalue weighted by atomic mass is 15.3. The first-order valence-electron chi connectivity index (χ1n) is 5.29. The van der Waals surface area contributed by atoms with Gasteiger partial charge in [-0.2, -0.15) is 10.1 Å². The maximum absolute atomic E-state index is 4.55. The van der Waals surface area contributed by atoms with Gasteiger partial charge < -0.3 is 0 Å². The zero-order valence-corrected chi connectivity index (χ0v) is 9.60. The van der Waals surface area contributed by atoms with Crippen LogP contribution in [0.4, 0.5) is 0 Å². The van der Waals surface area contributed by atoms with Crippen molar-refractivity contribution in [2.45, 2.75) is 39.5 Å². The molecule has 0 aromatic carbocycles. The second-order valence-corrected chi connectivity index (χ2v) is 4.40. The second kappa shape index (κ2) is 3.61. The lowest BCUT2D eigenvalue weighted by atomic mass is 9.97. The SMILES string of the molecule is CC(C)c1cn2ncnc2nc1C(C)C. The summed E-state index contributed by atoms with van der Waals surface area (Å²) in [6.45, 7) is 8.65. The van der Waals surface area contributed by atoms with E-state index in [4.69, 9.17) is 0 Å². The molecule has 0 aliphatic rings. The summed E-state index contributed by atoms with van der Waals surface area (Å²) in [4.78, 5) is 8.65. The normalized spacial score (nSPS) is 11.9. The van der Waals surface area contributed by atoms with Crippen molar-refractivity contribution in [1.82, 2.24) is 19.6 Å². The van der Waals surface area contributed by atoms with Crippen LogP contribution in [0.25, 0.3) is 5.78 Å². The molecule has 0 unspecified atom stereocenters. The molecule has 0 atom stereocenters. The molecule has 0 saturated heterocycles. The summed E-state index contributed by atoms with van der Waals surface area (Å²) in [5, 5.41) is 4.11. The summed E-state index contributed by atoms with van der Waals surface area (Å²) in [6, 6.07) is 0. The molecule has 2 aromatic rings. The number of nitrogens with zero attached hydrogens (tertiary/aromatic N) is 4. The van der Waals surface area contributed by atoms with Gasteiger partial charge in [-0.25, -0.2) is 9.50 Å². The van der Waals surface area contributed by atoms with Crippen LogP contribution in [0.2, 0.25) is 0 Å². The molecule has 2 rings (SSSR count). The van der Waals surface area contributed by atoms with Crippen molar-refractivity contribution in [3.63, 3.8) is 0 Å². The molecule has 80 valence electrons. The molecule has 2 aromatic heterocycles. The maximum Gasteiger partial charge on any atom is 0.252 e. The highest BCUT2D eigenvalue weighted by molar-refractivity contribution is 5.34. The molecule has 2 heterocycles. The fourth-order valence-electron chi connectivity index (χ4n) is 1.69. The zero-order valence-electron chi connectivity index (χ0n) is 9.60. The Morgan fingerprint density at radius 3 is 2.47 bits per heavy atom. The van der Waals surface area contributed by atoms with Crippen LogP contribution in [0, 0.1) is 0 Å². The van der Waals surface area contributed by atoms with Crippen LogP contribution in [0.15, 0.2) is 12.5 Å². The molecule has 0 amide bonds. The Morgan fingerprint density at radius 1 is 1.13 bits per heavy atom. The highest BCUT2D eigenvalue weighted by Gasteiger charge is 2.13. The van der Waals surface area contributed by atoms with Crippen molar-refractivity contribution in [3.05, 3.63) is 23.8 Å². The van der Waals surface area contributed by atoms with Gasteiger partial charge in [0.1, 0.15) is 6.33 Å². The van der Waals surface area contributed by atoms with Gasteiger partial charge in [0.15, 0.2) is 0 Å². The average Bonchev–Trinajstić information content (AvgIpc) is 2.61. The first kappa shape index (κ1) is 10.1. The average molecular weight is 204 g/mol. The van der Waals surface area contributed by atoms with Gasteiger partial charge in [-0.1, -0.05) is 27.7 Å². The van der Waals surface area contributed by atoms with Gasteiger partial charge in [0.25, 0.3) is 5.78 Å². The van der Waals surface area contributed by atoms with E-state index in [1.54, 1.807) is 4.52 Å². The van der Waals surface area contributed by atoms with E-state index in [9.17, 15) is 0 Å². The van der Waals surface area contributed by atoms with Gasteiger partial charge >= 0.3 is 0 Å². The van der Waals surface area contributed by atoms with Crippen LogP contribution in [0.1, 0.15) is 50.8 Å². The van der Waals surface area contributed by atoms with Crippen molar-refractivity contribution < 1.29 is 0 Å². The van der Waals surface area contributed by atoms with E-state index in [0.717, 1.165) is 5.69 Å². The Balaban J connectivity index is 2.68. The topological polar surface area (TPSA) is 43.1 Å². The van der Waals surface area contributed by atoms with Gasteiger partial charge in [0.05, 0.1) is 5.69 Å². The standard InChI is InChI=1S/C11H16N4/c1-7(2)9-5-15-11(12-6-13-15)14-10(9)8(3)4/h5-8H,1-4H3. The van der Waals surface area contributed by atoms with Crippen LogP contribution in [0.5, 0.6) is 0 Å². The Labute approximate surface area is 89.4 Å². The summed E-state index contributed by atoms with van der Waals surface area (Å²) < 4.78 is 1.74. The summed E-state index contributed by atoms with van der Waals surface area (Å²) in [7, 11) is 0. The number of hydrogen-bond acceptors (Lipinski definition) is 3. The fourth-order valence-corrected chi connectivity index (χ4v) is 1.69. The Hall–Kier alpha value is -1.45. The van der Waals surface area contributed by atoms with Gasteiger partial charge in [0.2, 0.25) is 0 Å². The molecule has 0 fully saturated rings. The first-order chi connectivity index (χ1) is 7.09. The van der Waals surface area contributed by atoms with Crippen molar-refractivity contribution in [1.29, 1.82) is 0 Å². The summed E-state index contributed by atoms with van der Waals surface area (Å²) in [5.41, 5.74) is 2.38.